The Morgan fingerprint density at radius 1 is 1.36 bits per heavy atom. The summed E-state index contributed by atoms with van der Waals surface area (Å²) in [4.78, 5) is 4.39. The van der Waals surface area contributed by atoms with Crippen molar-refractivity contribution >= 4 is 6.08 Å². The summed E-state index contributed by atoms with van der Waals surface area (Å²) in [5.41, 5.74) is 5.05. The molecule has 1 nitrogen and oxygen atoms in total. The third kappa shape index (κ3) is 0.967. The number of hydrogen-bond donors (Lipinski definition) is 0. The summed E-state index contributed by atoms with van der Waals surface area (Å²) in [5, 5.41) is 0. The number of rotatable bonds is 0. The molecule has 0 saturated carbocycles. The van der Waals surface area contributed by atoms with Crippen molar-refractivity contribution < 1.29 is 0 Å². The number of allylic oxidation sites excluding steroid dienone is 1. The first-order chi connectivity index (χ1) is 5.27. The van der Waals surface area contributed by atoms with Crippen LogP contribution in [0.25, 0.3) is 6.08 Å². The van der Waals surface area contributed by atoms with Gasteiger partial charge in [-0.05, 0) is 37.5 Å². The Bertz CT molecular complexity index is 324. The summed E-state index contributed by atoms with van der Waals surface area (Å²) < 4.78 is 0. The van der Waals surface area contributed by atoms with Crippen LogP contribution in [0, 0.1) is 13.8 Å². The average Bonchev–Trinajstić information content (AvgIpc) is 2.34. The van der Waals surface area contributed by atoms with Gasteiger partial charge in [-0.25, -0.2) is 0 Å². The molecule has 56 valence electrons. The summed E-state index contributed by atoms with van der Waals surface area (Å²) >= 11 is 0. The molecular weight excluding hydrogens is 134 g/mol. The maximum atomic E-state index is 4.39. The molecule has 0 saturated heterocycles. The second-order valence-electron chi connectivity index (χ2n) is 3.03. The number of pyridine rings is 1. The Balaban J connectivity index is 2.67. The van der Waals surface area contributed by atoms with Crippen LogP contribution in [0.3, 0.4) is 0 Å². The van der Waals surface area contributed by atoms with Gasteiger partial charge in [-0.1, -0.05) is 12.2 Å². The number of fused-ring (bicyclic) bond motifs is 1. The predicted molar refractivity (Wildman–Crippen MR) is 46.4 cm³/mol. The summed E-state index contributed by atoms with van der Waals surface area (Å²) in [7, 11) is 0. The fraction of sp³-hybridized carbons (Fsp3) is 0.300. The molecule has 1 heterocycles. The minimum absolute atomic E-state index is 1.08. The zero-order valence-electron chi connectivity index (χ0n) is 6.89. The number of nitrogens with zero attached hydrogens (tertiary/aromatic N) is 1. The van der Waals surface area contributed by atoms with E-state index in [2.05, 4.69) is 30.1 Å². The molecule has 0 unspecified atom stereocenters. The standard InChI is InChI=1S/C10H11N/c1-7-6-9-4-3-5-10(9)8(2)11-7/h3,5-6H,4H2,1-2H3. The molecule has 0 bridgehead atoms. The second-order valence-corrected chi connectivity index (χ2v) is 3.03. The highest BCUT2D eigenvalue weighted by Gasteiger charge is 2.08. The maximum absolute atomic E-state index is 4.39. The number of hydrogen-bond acceptors (Lipinski definition) is 1. The molecule has 11 heavy (non-hydrogen) atoms. The van der Waals surface area contributed by atoms with E-state index in [1.54, 1.807) is 0 Å². The molecule has 1 heteroatoms. The summed E-state index contributed by atoms with van der Waals surface area (Å²) in [6.07, 6.45) is 5.44. The highest BCUT2D eigenvalue weighted by molar-refractivity contribution is 5.61. The maximum Gasteiger partial charge on any atom is 0.0450 e. The van der Waals surface area contributed by atoms with Crippen molar-refractivity contribution in [1.29, 1.82) is 0 Å². The highest BCUT2D eigenvalue weighted by atomic mass is 14.7. The Kier molecular flexibility index (Phi) is 1.31. The van der Waals surface area contributed by atoms with Crippen LogP contribution in [0.15, 0.2) is 12.1 Å². The molecule has 0 aromatic carbocycles. The lowest BCUT2D eigenvalue weighted by Crippen LogP contribution is -1.92. The quantitative estimate of drug-likeness (QED) is 0.545. The van der Waals surface area contributed by atoms with Gasteiger partial charge in [0.15, 0.2) is 0 Å². The van der Waals surface area contributed by atoms with Crippen LogP contribution in [-0.2, 0) is 6.42 Å². The van der Waals surface area contributed by atoms with Crippen LogP contribution in [0.1, 0.15) is 22.5 Å². The van der Waals surface area contributed by atoms with Crippen molar-refractivity contribution in [3.05, 3.63) is 34.7 Å². The molecule has 1 aromatic rings. The van der Waals surface area contributed by atoms with E-state index in [0.29, 0.717) is 0 Å². The van der Waals surface area contributed by atoms with Gasteiger partial charge < -0.3 is 0 Å². The van der Waals surface area contributed by atoms with E-state index in [1.165, 1.54) is 11.1 Å². The molecule has 0 spiro atoms. The van der Waals surface area contributed by atoms with Crippen molar-refractivity contribution in [2.75, 3.05) is 0 Å². The summed E-state index contributed by atoms with van der Waals surface area (Å²) in [6, 6.07) is 2.17. The van der Waals surface area contributed by atoms with Crippen molar-refractivity contribution in [2.24, 2.45) is 0 Å². The van der Waals surface area contributed by atoms with Crippen LogP contribution in [0.5, 0.6) is 0 Å². The molecule has 0 N–H and O–H groups in total. The van der Waals surface area contributed by atoms with Crippen molar-refractivity contribution in [3.63, 3.8) is 0 Å². The Morgan fingerprint density at radius 2 is 2.18 bits per heavy atom. The zero-order chi connectivity index (χ0) is 7.84. The molecule has 0 fully saturated rings. The molecule has 1 aliphatic rings. The van der Waals surface area contributed by atoms with Gasteiger partial charge in [-0.15, -0.1) is 0 Å². The molecule has 1 aromatic heterocycles. The molecule has 0 amide bonds. The minimum Gasteiger partial charge on any atom is -0.258 e. The predicted octanol–water partition coefficient (Wildman–Crippen LogP) is 2.27. The van der Waals surface area contributed by atoms with Crippen LogP contribution in [0.2, 0.25) is 0 Å². The van der Waals surface area contributed by atoms with Crippen molar-refractivity contribution in [3.8, 4) is 0 Å². The fourth-order valence-electron chi connectivity index (χ4n) is 1.62. The Morgan fingerprint density at radius 3 is 3.00 bits per heavy atom. The van der Waals surface area contributed by atoms with Gasteiger partial charge in [-0.3, -0.25) is 4.98 Å². The second kappa shape index (κ2) is 2.19. The van der Waals surface area contributed by atoms with Crippen LogP contribution in [0.4, 0.5) is 0 Å². The number of aromatic nitrogens is 1. The fourth-order valence-corrected chi connectivity index (χ4v) is 1.62. The monoisotopic (exact) mass is 145 g/mol. The van der Waals surface area contributed by atoms with Crippen molar-refractivity contribution in [1.82, 2.24) is 4.98 Å². The molecule has 0 radical (unpaired) electrons. The first-order valence-electron chi connectivity index (χ1n) is 3.91. The Hall–Kier alpha value is -1.11. The lowest BCUT2D eigenvalue weighted by molar-refractivity contribution is 1.09. The average molecular weight is 145 g/mol. The smallest absolute Gasteiger partial charge is 0.0450 e. The van der Waals surface area contributed by atoms with Gasteiger partial charge >= 0.3 is 0 Å². The zero-order valence-corrected chi connectivity index (χ0v) is 6.89. The Labute approximate surface area is 66.8 Å². The van der Waals surface area contributed by atoms with Gasteiger partial charge in [0, 0.05) is 11.4 Å². The van der Waals surface area contributed by atoms with E-state index in [-0.39, 0.29) is 0 Å². The third-order valence-corrected chi connectivity index (χ3v) is 2.09. The first-order valence-corrected chi connectivity index (χ1v) is 3.91. The van der Waals surface area contributed by atoms with Crippen LogP contribution in [-0.4, -0.2) is 4.98 Å². The van der Waals surface area contributed by atoms with E-state index in [4.69, 9.17) is 0 Å². The lowest BCUT2D eigenvalue weighted by Gasteiger charge is -2.03. The third-order valence-electron chi connectivity index (χ3n) is 2.09. The first kappa shape index (κ1) is 6.59. The normalized spacial score (nSPS) is 13.6. The lowest BCUT2D eigenvalue weighted by atomic mass is 10.1. The highest BCUT2D eigenvalue weighted by Crippen LogP contribution is 2.21. The SMILES string of the molecule is Cc1cc2c(c(C)n1)C=CC2. The van der Waals surface area contributed by atoms with E-state index in [0.717, 1.165) is 17.8 Å². The minimum atomic E-state index is 1.08. The molecule has 1 aliphatic carbocycles. The summed E-state index contributed by atoms with van der Waals surface area (Å²) in [5.74, 6) is 0. The molecule has 0 atom stereocenters. The molecule has 2 rings (SSSR count). The van der Waals surface area contributed by atoms with Gasteiger partial charge in [0.2, 0.25) is 0 Å². The molecular formula is C10H11N. The van der Waals surface area contributed by atoms with E-state index < -0.39 is 0 Å². The van der Waals surface area contributed by atoms with E-state index in [9.17, 15) is 0 Å². The summed E-state index contributed by atoms with van der Waals surface area (Å²) in [6.45, 7) is 4.12. The van der Waals surface area contributed by atoms with E-state index >= 15 is 0 Å². The largest absolute Gasteiger partial charge is 0.258 e. The van der Waals surface area contributed by atoms with Crippen molar-refractivity contribution in [2.45, 2.75) is 20.3 Å². The van der Waals surface area contributed by atoms with Crippen LogP contribution >= 0.6 is 0 Å². The van der Waals surface area contributed by atoms with E-state index in [1.807, 2.05) is 6.92 Å². The van der Waals surface area contributed by atoms with Gasteiger partial charge in [0.1, 0.15) is 0 Å². The van der Waals surface area contributed by atoms with Gasteiger partial charge in [0.05, 0.1) is 0 Å². The van der Waals surface area contributed by atoms with Crippen LogP contribution < -0.4 is 0 Å². The number of aryl methyl sites for hydroxylation is 2. The van der Waals surface area contributed by atoms with Gasteiger partial charge in [-0.2, -0.15) is 0 Å². The molecule has 0 aliphatic heterocycles. The topological polar surface area (TPSA) is 12.9 Å². The van der Waals surface area contributed by atoms with Gasteiger partial charge in [0.25, 0.3) is 0 Å².